The molecule has 2 N–H and O–H groups in total. The number of rotatable bonds is 6. The lowest BCUT2D eigenvalue weighted by Gasteiger charge is -2.13. The molecular weight excluding hydrogens is 423 g/mol. The van der Waals surface area contributed by atoms with Crippen LogP contribution in [-0.4, -0.2) is 42.0 Å². The van der Waals surface area contributed by atoms with Gasteiger partial charge in [-0.3, -0.25) is 9.08 Å². The molecule has 1 atom stereocenters. The van der Waals surface area contributed by atoms with Crippen molar-refractivity contribution in [1.82, 2.24) is 24.1 Å². The second-order valence-corrected chi connectivity index (χ2v) is 8.60. The third-order valence-electron chi connectivity index (χ3n) is 6.06. The average molecular weight is 451 g/mol. The van der Waals surface area contributed by atoms with Gasteiger partial charge < -0.3 is 15.2 Å². The number of anilines is 1. The van der Waals surface area contributed by atoms with Gasteiger partial charge in [-0.1, -0.05) is 0 Å². The maximum Gasteiger partial charge on any atom is 0.208 e. The Bertz CT molecular complexity index is 1360. The predicted octanol–water partition coefficient (Wildman–Crippen LogP) is 3.58. The first kappa shape index (κ1) is 21.4. The monoisotopic (exact) mass is 450 g/mol. The molecule has 0 saturated carbocycles. The van der Waals surface area contributed by atoms with E-state index in [0.29, 0.717) is 37.6 Å². The van der Waals surface area contributed by atoms with E-state index in [9.17, 15) is 9.50 Å². The third kappa shape index (κ3) is 3.72. The topological polar surface area (TPSA) is 89.5 Å². The van der Waals surface area contributed by atoms with Crippen LogP contribution in [0.4, 0.5) is 10.3 Å². The van der Waals surface area contributed by atoms with Crippen molar-refractivity contribution in [1.29, 1.82) is 0 Å². The van der Waals surface area contributed by atoms with Crippen LogP contribution in [0.1, 0.15) is 35.1 Å². The Morgan fingerprint density at radius 2 is 2.09 bits per heavy atom. The smallest absolute Gasteiger partial charge is 0.208 e. The number of fused-ring (bicyclic) bond motifs is 2. The molecule has 0 aliphatic carbocycles. The number of aliphatic hydroxyl groups excluding tert-OH is 1. The molecule has 4 heterocycles. The molecular formula is C24H27FN6O2. The molecule has 0 bridgehead atoms. The van der Waals surface area contributed by atoms with Gasteiger partial charge in [-0.15, -0.1) is 0 Å². The molecule has 9 heteroatoms. The number of nitrogens with one attached hydrogen (secondary N) is 1. The van der Waals surface area contributed by atoms with Crippen molar-refractivity contribution in [2.45, 2.75) is 53.3 Å². The summed E-state index contributed by atoms with van der Waals surface area (Å²) in [6.07, 6.45) is 3.89. The first-order valence-corrected chi connectivity index (χ1v) is 11.1. The number of benzene rings is 1. The lowest BCUT2D eigenvalue weighted by molar-refractivity contribution is 0.167. The van der Waals surface area contributed by atoms with E-state index >= 15 is 0 Å². The van der Waals surface area contributed by atoms with Gasteiger partial charge in [0, 0.05) is 53.3 Å². The fourth-order valence-corrected chi connectivity index (χ4v) is 4.59. The Morgan fingerprint density at radius 1 is 1.27 bits per heavy atom. The van der Waals surface area contributed by atoms with E-state index in [1.807, 2.05) is 36.1 Å². The summed E-state index contributed by atoms with van der Waals surface area (Å²) in [5.41, 5.74) is 6.71. The van der Waals surface area contributed by atoms with Gasteiger partial charge in [-0.2, -0.15) is 5.10 Å². The Labute approximate surface area is 191 Å². The third-order valence-corrected chi connectivity index (χ3v) is 6.06. The number of aliphatic hydroxyl groups is 1. The minimum atomic E-state index is -0.500. The van der Waals surface area contributed by atoms with Crippen molar-refractivity contribution >= 4 is 11.6 Å². The number of imidazole rings is 1. The van der Waals surface area contributed by atoms with Crippen LogP contribution < -0.4 is 10.1 Å². The fourth-order valence-electron chi connectivity index (χ4n) is 4.59. The minimum Gasteiger partial charge on any atom is -0.493 e. The first-order valence-electron chi connectivity index (χ1n) is 11.1. The lowest BCUT2D eigenvalue weighted by Crippen LogP contribution is -2.14. The van der Waals surface area contributed by atoms with Crippen molar-refractivity contribution in [3.05, 3.63) is 58.6 Å². The lowest BCUT2D eigenvalue weighted by atomic mass is 10.0. The van der Waals surface area contributed by atoms with Crippen molar-refractivity contribution < 1.29 is 14.2 Å². The van der Waals surface area contributed by atoms with E-state index in [4.69, 9.17) is 9.72 Å². The molecule has 1 aliphatic rings. The summed E-state index contributed by atoms with van der Waals surface area (Å²) in [4.78, 5) is 9.39. The molecule has 0 radical (unpaired) electrons. The van der Waals surface area contributed by atoms with E-state index in [-0.39, 0.29) is 5.82 Å². The molecule has 1 aromatic carbocycles. The minimum absolute atomic E-state index is 0.252. The Balaban J connectivity index is 1.53. The van der Waals surface area contributed by atoms with E-state index in [0.717, 1.165) is 45.2 Å². The highest BCUT2D eigenvalue weighted by atomic mass is 19.1. The summed E-state index contributed by atoms with van der Waals surface area (Å²) < 4.78 is 23.9. The maximum absolute atomic E-state index is 14.6. The quantitative estimate of drug-likeness (QED) is 0.467. The van der Waals surface area contributed by atoms with Crippen molar-refractivity contribution in [3.63, 3.8) is 0 Å². The second kappa shape index (κ2) is 8.15. The highest BCUT2D eigenvalue weighted by Crippen LogP contribution is 2.33. The Kier molecular flexibility index (Phi) is 5.28. The number of aromatic nitrogens is 5. The predicted molar refractivity (Wildman–Crippen MR) is 123 cm³/mol. The standard InChI is InChI=1S/C24H27FN6O2/c1-13-11-30-23(28-13)19(22-15(3)29-31(16(22)4)12-14(2)32)10-27-24(30)26-9-18-17-7-8-33-21(17)6-5-20(18)25/h5-6,10-11,14,32H,7-9,12H2,1-4H3,(H,26,27)/t14-/m1/s1. The number of hydrogen-bond acceptors (Lipinski definition) is 6. The molecule has 0 saturated heterocycles. The van der Waals surface area contributed by atoms with E-state index in [1.54, 1.807) is 19.2 Å². The largest absolute Gasteiger partial charge is 0.493 e. The second-order valence-electron chi connectivity index (χ2n) is 8.60. The summed E-state index contributed by atoms with van der Waals surface area (Å²) in [5.74, 6) is 1.08. The first-order chi connectivity index (χ1) is 15.8. The molecule has 0 spiro atoms. The van der Waals surface area contributed by atoms with Gasteiger partial charge in [0.05, 0.1) is 30.6 Å². The molecule has 33 heavy (non-hydrogen) atoms. The fraction of sp³-hybridized carbons (Fsp3) is 0.375. The Morgan fingerprint density at radius 3 is 2.88 bits per heavy atom. The molecule has 3 aromatic heterocycles. The van der Waals surface area contributed by atoms with Gasteiger partial charge >= 0.3 is 0 Å². The van der Waals surface area contributed by atoms with Gasteiger partial charge in [0.1, 0.15) is 17.2 Å². The summed E-state index contributed by atoms with van der Waals surface area (Å²) in [7, 11) is 0. The average Bonchev–Trinajstić information content (AvgIpc) is 3.45. The SMILES string of the molecule is Cc1cn2c(NCc3c(F)ccc4c3CCO4)ncc(-c3c(C)nn(C[C@@H](C)O)c3C)c2n1. The van der Waals surface area contributed by atoms with Crippen LogP contribution in [0, 0.1) is 26.6 Å². The van der Waals surface area contributed by atoms with Gasteiger partial charge in [0.2, 0.25) is 5.95 Å². The number of halogens is 1. The molecule has 0 amide bonds. The van der Waals surface area contributed by atoms with Gasteiger partial charge in [0.25, 0.3) is 0 Å². The zero-order valence-corrected chi connectivity index (χ0v) is 19.2. The molecule has 0 fully saturated rings. The maximum atomic E-state index is 14.6. The molecule has 4 aromatic rings. The Hall–Kier alpha value is -3.46. The molecule has 172 valence electrons. The van der Waals surface area contributed by atoms with Gasteiger partial charge in [-0.05, 0) is 39.8 Å². The van der Waals surface area contributed by atoms with Crippen LogP contribution in [0.5, 0.6) is 5.75 Å². The molecule has 5 rings (SSSR count). The number of nitrogens with zero attached hydrogens (tertiary/aromatic N) is 5. The zero-order valence-electron chi connectivity index (χ0n) is 19.2. The van der Waals surface area contributed by atoms with Crippen molar-refractivity contribution in [2.24, 2.45) is 0 Å². The van der Waals surface area contributed by atoms with Gasteiger partial charge in [-0.25, -0.2) is 14.4 Å². The summed E-state index contributed by atoms with van der Waals surface area (Å²) in [6, 6.07) is 3.14. The van der Waals surface area contributed by atoms with Crippen LogP contribution in [0.3, 0.4) is 0 Å². The van der Waals surface area contributed by atoms with E-state index < -0.39 is 6.10 Å². The van der Waals surface area contributed by atoms with Crippen LogP contribution in [0.2, 0.25) is 0 Å². The van der Waals surface area contributed by atoms with Crippen LogP contribution in [0.15, 0.2) is 24.5 Å². The van der Waals surface area contributed by atoms with Crippen molar-refractivity contribution in [2.75, 3.05) is 11.9 Å². The van der Waals surface area contributed by atoms with Crippen LogP contribution in [-0.2, 0) is 19.5 Å². The molecule has 8 nitrogen and oxygen atoms in total. The summed E-state index contributed by atoms with van der Waals surface area (Å²) in [5, 5.41) is 17.7. The highest BCUT2D eigenvalue weighted by molar-refractivity contribution is 5.81. The summed E-state index contributed by atoms with van der Waals surface area (Å²) >= 11 is 0. The van der Waals surface area contributed by atoms with Crippen LogP contribution in [0.25, 0.3) is 16.8 Å². The number of hydrogen-bond donors (Lipinski definition) is 2. The summed E-state index contributed by atoms with van der Waals surface area (Å²) in [6.45, 7) is 8.88. The van der Waals surface area contributed by atoms with E-state index in [1.165, 1.54) is 6.07 Å². The van der Waals surface area contributed by atoms with Crippen LogP contribution >= 0.6 is 0 Å². The van der Waals surface area contributed by atoms with Gasteiger partial charge in [0.15, 0.2) is 0 Å². The zero-order chi connectivity index (χ0) is 23.3. The normalized spacial score (nSPS) is 13.9. The number of ether oxygens (including phenoxy) is 1. The number of aryl methyl sites for hydroxylation is 2. The molecule has 1 aliphatic heterocycles. The molecule has 0 unspecified atom stereocenters. The van der Waals surface area contributed by atoms with E-state index in [2.05, 4.69) is 15.4 Å². The van der Waals surface area contributed by atoms with Crippen molar-refractivity contribution in [3.8, 4) is 16.9 Å². The highest BCUT2D eigenvalue weighted by Gasteiger charge is 2.22.